The van der Waals surface area contributed by atoms with Crippen LogP contribution in [0, 0.1) is 5.82 Å². The van der Waals surface area contributed by atoms with E-state index in [0.717, 1.165) is 18.2 Å². The van der Waals surface area contributed by atoms with Crippen LogP contribution in [-0.4, -0.2) is 40.0 Å². The van der Waals surface area contributed by atoms with Crippen LogP contribution in [0.4, 0.5) is 4.39 Å². The maximum Gasteiger partial charge on any atom is 0.488 e. The molecule has 0 aliphatic carbocycles. The highest BCUT2D eigenvalue weighted by Crippen LogP contribution is 2.15. The van der Waals surface area contributed by atoms with Crippen molar-refractivity contribution in [3.05, 3.63) is 29.6 Å². The van der Waals surface area contributed by atoms with Gasteiger partial charge in [-0.1, -0.05) is 6.07 Å². The molecular weight excluding hydrogens is 272 g/mol. The van der Waals surface area contributed by atoms with Gasteiger partial charge in [-0.05, 0) is 17.6 Å². The van der Waals surface area contributed by atoms with Crippen LogP contribution >= 0.6 is 0 Å². The van der Waals surface area contributed by atoms with Gasteiger partial charge in [0.25, 0.3) is 11.8 Å². The van der Waals surface area contributed by atoms with Gasteiger partial charge >= 0.3 is 13.1 Å². The Morgan fingerprint density at radius 1 is 1.25 bits per heavy atom. The molecule has 2 N–H and O–H groups in total. The van der Waals surface area contributed by atoms with Gasteiger partial charge in [-0.25, -0.2) is 9.18 Å². The Labute approximate surface area is 112 Å². The largest absolute Gasteiger partial charge is 0.488 e. The summed E-state index contributed by atoms with van der Waals surface area (Å²) in [5.74, 6) is -3.62. The minimum Gasteiger partial charge on any atom is -0.423 e. The molecule has 104 valence electrons. The first-order chi connectivity index (χ1) is 9.40. The number of rotatable bonds is 3. The van der Waals surface area contributed by atoms with Crippen LogP contribution in [0.3, 0.4) is 0 Å². The van der Waals surface area contributed by atoms with Gasteiger partial charge in [0.1, 0.15) is 5.82 Å². The Morgan fingerprint density at radius 2 is 1.85 bits per heavy atom. The van der Waals surface area contributed by atoms with E-state index in [1.165, 1.54) is 0 Å². The third kappa shape index (κ3) is 2.68. The number of hydroxylamine groups is 2. The Morgan fingerprint density at radius 3 is 2.35 bits per heavy atom. The van der Waals surface area contributed by atoms with Gasteiger partial charge in [-0.3, -0.25) is 9.59 Å². The fourth-order valence-electron chi connectivity index (χ4n) is 1.65. The zero-order valence-corrected chi connectivity index (χ0v) is 10.1. The van der Waals surface area contributed by atoms with E-state index in [2.05, 4.69) is 4.84 Å². The number of nitrogens with zero attached hydrogens (tertiary/aromatic N) is 1. The van der Waals surface area contributed by atoms with Crippen molar-refractivity contribution in [3.63, 3.8) is 0 Å². The SMILES string of the molecule is O=C(ON1C(=O)CCC1=O)c1ccc(B(O)O)cc1F. The highest BCUT2D eigenvalue weighted by atomic mass is 19.1. The van der Waals surface area contributed by atoms with Gasteiger partial charge < -0.3 is 14.9 Å². The normalized spacial score (nSPS) is 14.7. The predicted molar refractivity (Wildman–Crippen MR) is 62.7 cm³/mol. The third-order valence-electron chi connectivity index (χ3n) is 2.69. The molecule has 0 saturated carbocycles. The molecule has 9 heteroatoms. The molecule has 1 aromatic rings. The van der Waals surface area contributed by atoms with Crippen LogP contribution < -0.4 is 5.46 Å². The lowest BCUT2D eigenvalue weighted by atomic mass is 9.80. The van der Waals surface area contributed by atoms with Crippen molar-refractivity contribution in [2.45, 2.75) is 12.8 Å². The van der Waals surface area contributed by atoms with Crippen LogP contribution in [0.5, 0.6) is 0 Å². The Balaban J connectivity index is 2.17. The smallest absolute Gasteiger partial charge is 0.423 e. The molecule has 2 amide bonds. The van der Waals surface area contributed by atoms with Gasteiger partial charge in [-0.15, -0.1) is 5.06 Å². The van der Waals surface area contributed by atoms with E-state index >= 15 is 0 Å². The molecule has 1 aliphatic rings. The number of hydrogen-bond donors (Lipinski definition) is 2. The molecule has 1 aliphatic heterocycles. The van der Waals surface area contributed by atoms with Crippen LogP contribution in [-0.2, 0) is 14.4 Å². The zero-order valence-electron chi connectivity index (χ0n) is 10.1. The molecular formula is C11H9BFNO6. The first-order valence-corrected chi connectivity index (χ1v) is 5.64. The van der Waals surface area contributed by atoms with Crippen molar-refractivity contribution < 1.29 is 33.7 Å². The molecule has 2 rings (SSSR count). The van der Waals surface area contributed by atoms with Gasteiger partial charge in [0.05, 0.1) is 5.56 Å². The summed E-state index contributed by atoms with van der Waals surface area (Å²) < 4.78 is 13.6. The van der Waals surface area contributed by atoms with E-state index in [4.69, 9.17) is 10.0 Å². The summed E-state index contributed by atoms with van der Waals surface area (Å²) in [6.07, 6.45) is -0.130. The van der Waals surface area contributed by atoms with E-state index < -0.39 is 36.3 Å². The van der Waals surface area contributed by atoms with Gasteiger partial charge in [-0.2, -0.15) is 0 Å². The van der Waals surface area contributed by atoms with E-state index in [-0.39, 0.29) is 18.3 Å². The van der Waals surface area contributed by atoms with Crippen LogP contribution in [0.2, 0.25) is 0 Å². The summed E-state index contributed by atoms with van der Waals surface area (Å²) in [7, 11) is -1.88. The number of amides is 2. The van der Waals surface area contributed by atoms with Crippen molar-refractivity contribution in [2.24, 2.45) is 0 Å². The van der Waals surface area contributed by atoms with Crippen molar-refractivity contribution in [3.8, 4) is 0 Å². The molecule has 0 radical (unpaired) electrons. The highest BCUT2D eigenvalue weighted by Gasteiger charge is 2.33. The molecule has 0 unspecified atom stereocenters. The quantitative estimate of drug-likeness (QED) is 0.528. The lowest BCUT2D eigenvalue weighted by Gasteiger charge is -2.13. The molecule has 0 spiro atoms. The monoisotopic (exact) mass is 281 g/mol. The third-order valence-corrected chi connectivity index (χ3v) is 2.69. The second-order valence-electron chi connectivity index (χ2n) is 4.07. The molecule has 1 fully saturated rings. The van der Waals surface area contributed by atoms with Crippen molar-refractivity contribution in [1.82, 2.24) is 5.06 Å². The van der Waals surface area contributed by atoms with Crippen molar-refractivity contribution >= 4 is 30.4 Å². The Hall–Kier alpha value is -2.26. The van der Waals surface area contributed by atoms with E-state index in [1.54, 1.807) is 0 Å². The topological polar surface area (TPSA) is 104 Å². The lowest BCUT2D eigenvalue weighted by Crippen LogP contribution is -2.33. The highest BCUT2D eigenvalue weighted by molar-refractivity contribution is 6.58. The molecule has 7 nitrogen and oxygen atoms in total. The molecule has 0 bridgehead atoms. The van der Waals surface area contributed by atoms with E-state index in [9.17, 15) is 18.8 Å². The molecule has 1 saturated heterocycles. The second kappa shape index (κ2) is 5.39. The maximum absolute atomic E-state index is 13.6. The zero-order chi connectivity index (χ0) is 14.9. The lowest BCUT2D eigenvalue weighted by molar-refractivity contribution is -0.172. The minimum atomic E-state index is -1.88. The van der Waals surface area contributed by atoms with Crippen LogP contribution in [0.25, 0.3) is 0 Å². The molecule has 1 aromatic carbocycles. The summed E-state index contributed by atoms with van der Waals surface area (Å²) in [5, 5.41) is 18.0. The summed E-state index contributed by atoms with van der Waals surface area (Å²) >= 11 is 0. The second-order valence-corrected chi connectivity index (χ2v) is 4.07. The fraction of sp³-hybridized carbons (Fsp3) is 0.182. The first-order valence-electron chi connectivity index (χ1n) is 5.64. The maximum atomic E-state index is 13.6. The first kappa shape index (κ1) is 14.2. The summed E-state index contributed by atoms with van der Waals surface area (Å²) in [4.78, 5) is 38.7. The Bertz CT molecular complexity index is 574. The van der Waals surface area contributed by atoms with E-state index in [0.29, 0.717) is 5.06 Å². The number of benzene rings is 1. The van der Waals surface area contributed by atoms with Gasteiger partial charge in [0.2, 0.25) is 0 Å². The average Bonchev–Trinajstić information content (AvgIpc) is 2.70. The number of halogens is 1. The number of hydrogen-bond acceptors (Lipinski definition) is 6. The van der Waals surface area contributed by atoms with Gasteiger partial charge in [0, 0.05) is 12.8 Å². The predicted octanol–water partition coefficient (Wildman–Crippen LogP) is -1.27. The summed E-state index contributed by atoms with van der Waals surface area (Å²) in [5.41, 5.74) is -0.672. The number of carbonyl (C=O) groups is 3. The molecule has 0 aromatic heterocycles. The van der Waals surface area contributed by atoms with Crippen molar-refractivity contribution in [1.29, 1.82) is 0 Å². The summed E-state index contributed by atoms with van der Waals surface area (Å²) in [6.45, 7) is 0. The van der Waals surface area contributed by atoms with Crippen molar-refractivity contribution in [2.75, 3.05) is 0 Å². The standard InChI is InChI=1S/C11H9BFNO6/c13-8-5-6(12(18)19)1-2-7(8)11(17)20-14-9(15)3-4-10(14)16/h1-2,5,18-19H,3-4H2. The van der Waals surface area contributed by atoms with Gasteiger partial charge in [0.15, 0.2) is 0 Å². The van der Waals surface area contributed by atoms with Crippen LogP contribution in [0.15, 0.2) is 18.2 Å². The van der Waals surface area contributed by atoms with E-state index in [1.807, 2.05) is 0 Å². The molecule has 20 heavy (non-hydrogen) atoms. The molecule has 1 heterocycles. The Kier molecular flexibility index (Phi) is 3.82. The summed E-state index contributed by atoms with van der Waals surface area (Å²) in [6, 6.07) is 2.82. The number of imide groups is 1. The molecule has 0 atom stereocenters. The van der Waals surface area contributed by atoms with Crippen LogP contribution in [0.1, 0.15) is 23.2 Å². The minimum absolute atomic E-state index is 0.0652. The fourth-order valence-corrected chi connectivity index (χ4v) is 1.65. The average molecular weight is 281 g/mol. The number of carbonyl (C=O) groups excluding carboxylic acids is 3.